The van der Waals surface area contributed by atoms with E-state index in [1.54, 1.807) is 19.1 Å². The van der Waals surface area contributed by atoms with E-state index in [1.165, 1.54) is 23.4 Å². The largest absolute Gasteiger partial charge is 0.323 e. The number of hydrogen-bond acceptors (Lipinski definition) is 5. The van der Waals surface area contributed by atoms with Crippen molar-refractivity contribution >= 4 is 23.4 Å². The Balaban J connectivity index is 1.38. The zero-order valence-electron chi connectivity index (χ0n) is 15.7. The molecule has 1 aromatic carbocycles. The van der Waals surface area contributed by atoms with Crippen LogP contribution in [0.4, 0.5) is 10.1 Å². The van der Waals surface area contributed by atoms with Crippen LogP contribution in [0, 0.1) is 19.7 Å². The van der Waals surface area contributed by atoms with Crippen LogP contribution in [-0.2, 0) is 17.6 Å². The van der Waals surface area contributed by atoms with Crippen LogP contribution in [0.2, 0.25) is 0 Å². The van der Waals surface area contributed by atoms with Crippen LogP contribution in [0.1, 0.15) is 28.9 Å². The number of carbonyl (C=O) groups excluding carboxylic acids is 1. The molecule has 0 spiro atoms. The molecule has 0 fully saturated rings. The van der Waals surface area contributed by atoms with E-state index < -0.39 is 5.82 Å². The highest BCUT2D eigenvalue weighted by Crippen LogP contribution is 2.26. The van der Waals surface area contributed by atoms with Gasteiger partial charge in [-0.2, -0.15) is 5.10 Å². The van der Waals surface area contributed by atoms with Gasteiger partial charge < -0.3 is 5.32 Å². The number of benzene rings is 1. The van der Waals surface area contributed by atoms with Gasteiger partial charge >= 0.3 is 0 Å². The van der Waals surface area contributed by atoms with Gasteiger partial charge in [0.25, 0.3) is 0 Å². The second-order valence-corrected chi connectivity index (χ2v) is 7.82. The van der Waals surface area contributed by atoms with Gasteiger partial charge in [0.05, 0.1) is 17.1 Å². The molecule has 0 saturated carbocycles. The fraction of sp³-hybridized carbons (Fsp3) is 0.300. The molecule has 1 aliphatic carbocycles. The molecule has 0 aliphatic heterocycles. The number of amides is 1. The topological polar surface area (TPSA) is 72.7 Å². The quantitative estimate of drug-likeness (QED) is 0.666. The molecule has 0 atom stereocenters. The minimum Gasteiger partial charge on any atom is -0.323 e. The molecular formula is C20H20FN5OS. The third-order valence-corrected chi connectivity index (χ3v) is 5.68. The number of fused-ring (bicyclic) bond motifs is 1. The van der Waals surface area contributed by atoms with Crippen LogP contribution in [0.3, 0.4) is 0 Å². The van der Waals surface area contributed by atoms with Gasteiger partial charge in [-0.15, -0.1) is 10.2 Å². The summed E-state index contributed by atoms with van der Waals surface area (Å²) < 4.78 is 15.7. The van der Waals surface area contributed by atoms with Crippen molar-refractivity contribution in [3.63, 3.8) is 0 Å². The fourth-order valence-electron chi connectivity index (χ4n) is 3.32. The monoisotopic (exact) mass is 397 g/mol. The summed E-state index contributed by atoms with van der Waals surface area (Å²) in [5.74, 6) is 0.0561. The van der Waals surface area contributed by atoms with E-state index in [0.717, 1.165) is 36.2 Å². The number of nitrogens with zero attached hydrogens (tertiary/aromatic N) is 4. The van der Waals surface area contributed by atoms with E-state index in [1.807, 2.05) is 16.8 Å². The van der Waals surface area contributed by atoms with Crippen LogP contribution in [0.5, 0.6) is 0 Å². The Morgan fingerprint density at radius 1 is 1.21 bits per heavy atom. The summed E-state index contributed by atoms with van der Waals surface area (Å²) in [5.41, 5.74) is 4.57. The minimum atomic E-state index is -0.441. The smallest absolute Gasteiger partial charge is 0.234 e. The van der Waals surface area contributed by atoms with Gasteiger partial charge in [0.1, 0.15) is 10.8 Å². The predicted octanol–water partition coefficient (Wildman–Crippen LogP) is 3.64. The molecule has 1 amide bonds. The lowest BCUT2D eigenvalue weighted by Gasteiger charge is -2.07. The second kappa shape index (κ2) is 7.71. The van der Waals surface area contributed by atoms with Crippen molar-refractivity contribution in [2.75, 3.05) is 11.1 Å². The van der Waals surface area contributed by atoms with Crippen LogP contribution in [0.15, 0.2) is 35.4 Å². The summed E-state index contributed by atoms with van der Waals surface area (Å²) in [5, 5.41) is 16.3. The summed E-state index contributed by atoms with van der Waals surface area (Å²) in [4.78, 5) is 12.1. The molecule has 2 aromatic heterocycles. The molecule has 8 heteroatoms. The third-order valence-electron chi connectivity index (χ3n) is 4.76. The van der Waals surface area contributed by atoms with Crippen molar-refractivity contribution in [3.8, 4) is 5.82 Å². The predicted molar refractivity (Wildman–Crippen MR) is 106 cm³/mol. The van der Waals surface area contributed by atoms with Gasteiger partial charge in [0.15, 0.2) is 5.82 Å². The van der Waals surface area contributed by atoms with E-state index >= 15 is 0 Å². The molecule has 0 saturated heterocycles. The van der Waals surface area contributed by atoms with Crippen LogP contribution < -0.4 is 5.32 Å². The number of rotatable bonds is 5. The number of hydrogen-bond donors (Lipinski definition) is 1. The van der Waals surface area contributed by atoms with E-state index in [0.29, 0.717) is 10.8 Å². The number of nitrogens with one attached hydrogen (secondary N) is 1. The maximum atomic E-state index is 13.8. The van der Waals surface area contributed by atoms with Crippen LogP contribution in [0.25, 0.3) is 5.82 Å². The standard InChI is InChI=1S/C20H20FN5OS/c1-12-6-7-17(15(21)10-12)22-19(27)11-28-20-9-8-18(23-24-20)26-13(2)14-4-3-5-16(14)25-26/h6-10H,3-5,11H2,1-2H3,(H,22,27). The van der Waals surface area contributed by atoms with E-state index in [-0.39, 0.29) is 17.3 Å². The Labute approximate surface area is 166 Å². The molecule has 6 nitrogen and oxygen atoms in total. The summed E-state index contributed by atoms with van der Waals surface area (Å²) >= 11 is 1.25. The molecule has 0 bridgehead atoms. The summed E-state index contributed by atoms with van der Waals surface area (Å²) in [6, 6.07) is 8.37. The van der Waals surface area contributed by atoms with Crippen molar-refractivity contribution in [1.29, 1.82) is 0 Å². The first-order valence-electron chi connectivity index (χ1n) is 9.11. The van der Waals surface area contributed by atoms with Crippen molar-refractivity contribution in [2.24, 2.45) is 0 Å². The Morgan fingerprint density at radius 2 is 2.07 bits per heavy atom. The number of anilines is 1. The van der Waals surface area contributed by atoms with Gasteiger partial charge in [0.2, 0.25) is 5.91 Å². The maximum absolute atomic E-state index is 13.8. The molecular weight excluding hydrogens is 377 g/mol. The number of carbonyl (C=O) groups is 1. The molecule has 0 unspecified atom stereocenters. The molecule has 144 valence electrons. The first-order valence-corrected chi connectivity index (χ1v) is 10.1. The molecule has 1 N–H and O–H groups in total. The Bertz CT molecular complexity index is 1030. The normalized spacial score (nSPS) is 12.8. The fourth-order valence-corrected chi connectivity index (χ4v) is 3.94. The molecule has 28 heavy (non-hydrogen) atoms. The molecule has 4 rings (SSSR count). The summed E-state index contributed by atoms with van der Waals surface area (Å²) in [6.45, 7) is 3.85. The lowest BCUT2D eigenvalue weighted by Crippen LogP contribution is -2.15. The number of aromatic nitrogens is 4. The van der Waals surface area contributed by atoms with E-state index in [4.69, 9.17) is 0 Å². The SMILES string of the molecule is Cc1ccc(NC(=O)CSc2ccc(-n3nc4c(c3C)CCC4)nn2)c(F)c1. The highest BCUT2D eigenvalue weighted by molar-refractivity contribution is 7.99. The first kappa shape index (κ1) is 18.6. The average molecular weight is 397 g/mol. The summed E-state index contributed by atoms with van der Waals surface area (Å²) in [7, 11) is 0. The van der Waals surface area contributed by atoms with Gasteiger partial charge in [-0.25, -0.2) is 9.07 Å². The summed E-state index contributed by atoms with van der Waals surface area (Å²) in [6.07, 6.45) is 3.25. The van der Waals surface area contributed by atoms with Crippen molar-refractivity contribution in [3.05, 3.63) is 58.7 Å². The Kier molecular flexibility index (Phi) is 5.13. The van der Waals surface area contributed by atoms with E-state index in [2.05, 4.69) is 27.5 Å². The van der Waals surface area contributed by atoms with Gasteiger partial charge in [-0.1, -0.05) is 17.8 Å². The van der Waals surface area contributed by atoms with Crippen LogP contribution in [-0.4, -0.2) is 31.6 Å². The number of aryl methyl sites for hydroxylation is 2. The second-order valence-electron chi connectivity index (χ2n) is 6.83. The van der Waals surface area contributed by atoms with Crippen molar-refractivity contribution < 1.29 is 9.18 Å². The Morgan fingerprint density at radius 3 is 2.79 bits per heavy atom. The zero-order valence-corrected chi connectivity index (χ0v) is 16.5. The van der Waals surface area contributed by atoms with Crippen molar-refractivity contribution in [1.82, 2.24) is 20.0 Å². The van der Waals surface area contributed by atoms with Gasteiger partial charge in [-0.3, -0.25) is 4.79 Å². The van der Waals surface area contributed by atoms with Crippen molar-refractivity contribution in [2.45, 2.75) is 38.1 Å². The average Bonchev–Trinajstić information content (AvgIpc) is 3.26. The van der Waals surface area contributed by atoms with E-state index in [9.17, 15) is 9.18 Å². The molecule has 1 aliphatic rings. The van der Waals surface area contributed by atoms with Gasteiger partial charge in [0, 0.05) is 5.69 Å². The maximum Gasteiger partial charge on any atom is 0.234 e. The zero-order chi connectivity index (χ0) is 19.7. The highest BCUT2D eigenvalue weighted by atomic mass is 32.2. The molecule has 3 aromatic rings. The van der Waals surface area contributed by atoms with Crippen LogP contribution >= 0.6 is 11.8 Å². The minimum absolute atomic E-state index is 0.121. The van der Waals surface area contributed by atoms with Gasteiger partial charge in [-0.05, 0) is 68.5 Å². The highest BCUT2D eigenvalue weighted by Gasteiger charge is 2.20. The first-order chi connectivity index (χ1) is 13.5. The number of thioether (sulfide) groups is 1. The lowest BCUT2D eigenvalue weighted by atomic mass is 10.2. The molecule has 0 radical (unpaired) electrons. The number of halogens is 1. The lowest BCUT2D eigenvalue weighted by molar-refractivity contribution is -0.113. The Hall–Kier alpha value is -2.74. The third kappa shape index (κ3) is 3.77. The molecule has 2 heterocycles.